The second-order valence-corrected chi connectivity index (χ2v) is 9.87. The van der Waals surface area contributed by atoms with Crippen LogP contribution >= 0.6 is 0 Å². The van der Waals surface area contributed by atoms with Crippen LogP contribution in [0.5, 0.6) is 0 Å². The van der Waals surface area contributed by atoms with E-state index in [-0.39, 0.29) is 6.10 Å². The Labute approximate surface area is 168 Å². The second-order valence-electron chi connectivity index (χ2n) is 7.16. The monoisotopic (exact) mass is 402 g/mol. The van der Waals surface area contributed by atoms with Gasteiger partial charge in [0, 0.05) is 26.0 Å². The molecule has 152 valence electrons. The van der Waals surface area contributed by atoms with E-state index in [1.165, 1.54) is 0 Å². The molecular weight excluding hydrogens is 372 g/mol. The standard InChI is InChI=1S/C22H30O5Si/c1-22(19-11-6-4-7-12-19,15-10-16-25-17-20-18-26-20)27-28(23-2,24-3)21-13-8-5-9-14-21/h4-9,11-14,20H,10,15-18H2,1-3H3. The minimum Gasteiger partial charge on any atom is -0.379 e. The highest BCUT2D eigenvalue weighted by Crippen LogP contribution is 2.34. The summed E-state index contributed by atoms with van der Waals surface area (Å²) in [7, 11) is 0.244. The van der Waals surface area contributed by atoms with Gasteiger partial charge in [0.15, 0.2) is 0 Å². The average molecular weight is 403 g/mol. The smallest absolute Gasteiger partial charge is 0.379 e. The summed E-state index contributed by atoms with van der Waals surface area (Å²) < 4.78 is 29.5. The zero-order valence-corrected chi connectivity index (χ0v) is 17.9. The molecule has 0 saturated carbocycles. The summed E-state index contributed by atoms with van der Waals surface area (Å²) in [5.41, 5.74) is 0.539. The van der Waals surface area contributed by atoms with Crippen LogP contribution in [0.15, 0.2) is 60.7 Å². The number of hydrogen-bond donors (Lipinski definition) is 0. The molecule has 1 saturated heterocycles. The first-order valence-electron chi connectivity index (χ1n) is 9.73. The van der Waals surface area contributed by atoms with Gasteiger partial charge in [-0.05, 0) is 25.3 Å². The van der Waals surface area contributed by atoms with E-state index in [1.54, 1.807) is 14.2 Å². The molecule has 3 rings (SSSR count). The van der Waals surface area contributed by atoms with Crippen LogP contribution in [-0.2, 0) is 28.4 Å². The van der Waals surface area contributed by atoms with E-state index in [0.717, 1.165) is 30.2 Å². The fourth-order valence-corrected chi connectivity index (χ4v) is 5.67. The molecule has 0 aromatic heterocycles. The van der Waals surface area contributed by atoms with Crippen LogP contribution in [0.25, 0.3) is 0 Å². The minimum absolute atomic E-state index is 0.289. The molecule has 6 heteroatoms. The van der Waals surface area contributed by atoms with Gasteiger partial charge in [-0.15, -0.1) is 0 Å². The van der Waals surface area contributed by atoms with Gasteiger partial charge in [0.2, 0.25) is 0 Å². The Balaban J connectivity index is 1.78. The van der Waals surface area contributed by atoms with Crippen molar-refractivity contribution in [1.82, 2.24) is 0 Å². The van der Waals surface area contributed by atoms with Crippen LogP contribution in [0.3, 0.4) is 0 Å². The molecular formula is C22H30O5Si. The predicted octanol–water partition coefficient (Wildman–Crippen LogP) is 3.25. The molecule has 2 atom stereocenters. The Hall–Kier alpha value is -1.54. The van der Waals surface area contributed by atoms with Crippen molar-refractivity contribution >= 4 is 14.0 Å². The van der Waals surface area contributed by atoms with E-state index in [4.69, 9.17) is 22.8 Å². The average Bonchev–Trinajstić information content (AvgIpc) is 3.58. The highest BCUT2D eigenvalue weighted by Gasteiger charge is 2.48. The summed E-state index contributed by atoms with van der Waals surface area (Å²) in [6, 6.07) is 20.2. The quantitative estimate of drug-likeness (QED) is 0.310. The normalized spacial score (nSPS) is 18.6. The minimum atomic E-state index is -3.07. The van der Waals surface area contributed by atoms with Crippen molar-refractivity contribution in [3.8, 4) is 0 Å². The molecule has 0 bridgehead atoms. The maximum Gasteiger partial charge on any atom is 0.537 e. The van der Waals surface area contributed by atoms with Gasteiger partial charge in [-0.25, -0.2) is 0 Å². The molecule has 2 aromatic carbocycles. The fourth-order valence-electron chi connectivity index (χ4n) is 3.34. The summed E-state index contributed by atoms with van der Waals surface area (Å²) in [6.07, 6.45) is 1.94. The van der Waals surface area contributed by atoms with Crippen LogP contribution in [0.4, 0.5) is 0 Å². The summed E-state index contributed by atoms with van der Waals surface area (Å²) in [5, 5.41) is 0.948. The maximum absolute atomic E-state index is 6.75. The molecule has 0 radical (unpaired) electrons. The van der Waals surface area contributed by atoms with Gasteiger partial charge < -0.3 is 22.8 Å². The third-order valence-corrected chi connectivity index (χ3v) is 7.89. The summed E-state index contributed by atoms with van der Waals surface area (Å²) in [6.45, 7) is 4.26. The van der Waals surface area contributed by atoms with Crippen molar-refractivity contribution in [3.63, 3.8) is 0 Å². The van der Waals surface area contributed by atoms with E-state index < -0.39 is 14.4 Å². The lowest BCUT2D eigenvalue weighted by Crippen LogP contribution is -2.59. The first-order valence-corrected chi connectivity index (χ1v) is 11.5. The van der Waals surface area contributed by atoms with Crippen LogP contribution in [0.1, 0.15) is 25.3 Å². The van der Waals surface area contributed by atoms with Crippen molar-refractivity contribution < 1.29 is 22.8 Å². The lowest BCUT2D eigenvalue weighted by molar-refractivity contribution is -0.0127. The molecule has 0 amide bonds. The van der Waals surface area contributed by atoms with Crippen molar-refractivity contribution in [3.05, 3.63) is 66.2 Å². The molecule has 2 aromatic rings. The Morgan fingerprint density at radius 2 is 1.61 bits per heavy atom. The molecule has 5 nitrogen and oxygen atoms in total. The highest BCUT2D eigenvalue weighted by atomic mass is 28.4. The molecule has 28 heavy (non-hydrogen) atoms. The van der Waals surface area contributed by atoms with Gasteiger partial charge in [0.25, 0.3) is 0 Å². The zero-order valence-electron chi connectivity index (χ0n) is 16.9. The Bertz CT molecular complexity index is 703. The number of hydrogen-bond acceptors (Lipinski definition) is 5. The van der Waals surface area contributed by atoms with E-state index >= 15 is 0 Å². The number of rotatable bonds is 12. The summed E-state index contributed by atoms with van der Waals surface area (Å²) >= 11 is 0. The molecule has 0 N–H and O–H groups in total. The summed E-state index contributed by atoms with van der Waals surface area (Å²) in [5.74, 6) is 0. The number of benzene rings is 2. The molecule has 1 aliphatic heterocycles. The van der Waals surface area contributed by atoms with Crippen LogP contribution < -0.4 is 5.19 Å². The maximum atomic E-state index is 6.75. The molecule has 0 spiro atoms. The number of ether oxygens (including phenoxy) is 2. The van der Waals surface area contributed by atoms with Crippen LogP contribution in [-0.4, -0.2) is 48.9 Å². The largest absolute Gasteiger partial charge is 0.537 e. The SMILES string of the molecule is CO[Si](OC)(OC(C)(CCCOCC1CO1)c1ccccc1)c1ccccc1. The van der Waals surface area contributed by atoms with E-state index in [1.807, 2.05) is 48.5 Å². The lowest BCUT2D eigenvalue weighted by Gasteiger charge is -2.39. The van der Waals surface area contributed by atoms with E-state index in [9.17, 15) is 0 Å². The van der Waals surface area contributed by atoms with Gasteiger partial charge in [-0.3, -0.25) is 0 Å². The van der Waals surface area contributed by atoms with Crippen LogP contribution in [0, 0.1) is 0 Å². The molecule has 1 fully saturated rings. The van der Waals surface area contributed by atoms with Gasteiger partial charge in [0.05, 0.1) is 18.8 Å². The van der Waals surface area contributed by atoms with Gasteiger partial charge in [0.1, 0.15) is 6.10 Å². The number of epoxide rings is 1. The van der Waals surface area contributed by atoms with Gasteiger partial charge >= 0.3 is 8.80 Å². The van der Waals surface area contributed by atoms with Gasteiger partial charge in [-0.1, -0.05) is 60.7 Å². The van der Waals surface area contributed by atoms with E-state index in [0.29, 0.717) is 13.2 Å². The third-order valence-electron chi connectivity index (χ3n) is 5.06. The summed E-state index contributed by atoms with van der Waals surface area (Å²) in [4.78, 5) is 0. The first-order chi connectivity index (χ1) is 13.6. The van der Waals surface area contributed by atoms with Crippen molar-refractivity contribution in [2.24, 2.45) is 0 Å². The predicted molar refractivity (Wildman–Crippen MR) is 111 cm³/mol. The Morgan fingerprint density at radius 3 is 2.18 bits per heavy atom. The molecule has 1 heterocycles. The van der Waals surface area contributed by atoms with Crippen LogP contribution in [0.2, 0.25) is 0 Å². The van der Waals surface area contributed by atoms with Crippen molar-refractivity contribution in [2.45, 2.75) is 31.5 Å². The molecule has 2 unspecified atom stereocenters. The zero-order chi connectivity index (χ0) is 19.9. The topological polar surface area (TPSA) is 49.5 Å². The van der Waals surface area contributed by atoms with Crippen molar-refractivity contribution in [2.75, 3.05) is 34.0 Å². The third kappa shape index (κ3) is 5.29. The molecule has 1 aliphatic rings. The lowest BCUT2D eigenvalue weighted by atomic mass is 9.91. The second kappa shape index (κ2) is 9.78. The van der Waals surface area contributed by atoms with Gasteiger partial charge in [-0.2, -0.15) is 0 Å². The van der Waals surface area contributed by atoms with E-state index in [2.05, 4.69) is 19.1 Å². The molecule has 0 aliphatic carbocycles. The Kier molecular flexibility index (Phi) is 7.40. The van der Waals surface area contributed by atoms with Crippen molar-refractivity contribution in [1.29, 1.82) is 0 Å². The first kappa shape index (κ1) is 21.2. The Morgan fingerprint density at radius 1 is 1.00 bits per heavy atom. The highest BCUT2D eigenvalue weighted by molar-refractivity contribution is 6.75. The fraction of sp³-hybridized carbons (Fsp3) is 0.455.